The number of methoxy groups -OCH3 is 1. The van der Waals surface area contributed by atoms with Crippen molar-refractivity contribution in [1.29, 1.82) is 0 Å². The van der Waals surface area contributed by atoms with Crippen LogP contribution >= 0.6 is 0 Å². The summed E-state index contributed by atoms with van der Waals surface area (Å²) >= 11 is 0. The van der Waals surface area contributed by atoms with E-state index in [9.17, 15) is 4.79 Å². The van der Waals surface area contributed by atoms with Crippen LogP contribution in [-0.4, -0.2) is 22.6 Å². The van der Waals surface area contributed by atoms with Crippen LogP contribution in [0.3, 0.4) is 0 Å². The lowest BCUT2D eigenvalue weighted by Gasteiger charge is -2.20. The molecule has 5 heteroatoms. The van der Waals surface area contributed by atoms with E-state index in [1.54, 1.807) is 7.11 Å². The molecule has 6 rings (SSSR count). The van der Waals surface area contributed by atoms with Crippen LogP contribution in [0.25, 0.3) is 33.4 Å². The number of nitrogens with zero attached hydrogens (tertiary/aromatic N) is 2. The van der Waals surface area contributed by atoms with E-state index in [0.717, 1.165) is 59.2 Å². The first kappa shape index (κ1) is 24.9. The molecule has 1 atom stereocenters. The van der Waals surface area contributed by atoms with Gasteiger partial charge in [-0.25, -0.2) is 4.98 Å². The van der Waals surface area contributed by atoms with Gasteiger partial charge >= 0.3 is 0 Å². The zero-order valence-electron chi connectivity index (χ0n) is 22.5. The van der Waals surface area contributed by atoms with Crippen molar-refractivity contribution in [2.75, 3.05) is 7.11 Å². The highest BCUT2D eigenvalue weighted by atomic mass is 16.5. The van der Waals surface area contributed by atoms with Crippen molar-refractivity contribution in [3.05, 3.63) is 108 Å². The summed E-state index contributed by atoms with van der Waals surface area (Å²) in [5, 5.41) is 5.57. The van der Waals surface area contributed by atoms with Crippen LogP contribution in [-0.2, 0) is 13.0 Å². The molecule has 196 valence electrons. The fraction of sp³-hybridized carbons (Fsp3) is 0.235. The summed E-state index contributed by atoms with van der Waals surface area (Å²) in [6, 6.07) is 30.9. The van der Waals surface area contributed by atoms with E-state index in [-0.39, 0.29) is 11.9 Å². The van der Waals surface area contributed by atoms with Crippen molar-refractivity contribution >= 4 is 16.7 Å². The smallest absolute Gasteiger partial charge is 0.270 e. The van der Waals surface area contributed by atoms with Gasteiger partial charge < -0.3 is 14.6 Å². The number of carbonyl (C=O) groups is 1. The van der Waals surface area contributed by atoms with Crippen LogP contribution in [0.1, 0.15) is 53.8 Å². The van der Waals surface area contributed by atoms with Crippen LogP contribution in [0.15, 0.2) is 91.0 Å². The third kappa shape index (κ3) is 4.81. The quantitative estimate of drug-likeness (QED) is 0.237. The number of amides is 1. The summed E-state index contributed by atoms with van der Waals surface area (Å²) < 4.78 is 7.46. The molecule has 1 heterocycles. The first-order valence-corrected chi connectivity index (χ1v) is 13.8. The van der Waals surface area contributed by atoms with Gasteiger partial charge in [-0.2, -0.15) is 0 Å². The maximum atomic E-state index is 14.2. The van der Waals surface area contributed by atoms with Gasteiger partial charge in [0.05, 0.1) is 13.2 Å². The molecule has 1 amide bonds. The summed E-state index contributed by atoms with van der Waals surface area (Å²) in [6.07, 6.45) is 4.22. The summed E-state index contributed by atoms with van der Waals surface area (Å²) in [7, 11) is 1.68. The summed E-state index contributed by atoms with van der Waals surface area (Å²) in [6.45, 7) is 2.70. The Hall–Kier alpha value is -4.38. The molecule has 39 heavy (non-hydrogen) atoms. The predicted octanol–water partition coefficient (Wildman–Crippen LogP) is 7.60. The summed E-state index contributed by atoms with van der Waals surface area (Å²) in [4.78, 5) is 19.3. The highest BCUT2D eigenvalue weighted by Gasteiger charge is 2.27. The topological polar surface area (TPSA) is 56.2 Å². The molecular formula is C34H33N3O2. The average molecular weight is 516 g/mol. The molecule has 4 aromatic carbocycles. The fourth-order valence-corrected chi connectivity index (χ4v) is 5.80. The maximum Gasteiger partial charge on any atom is 0.270 e. The Morgan fingerprint density at radius 1 is 0.923 bits per heavy atom. The Bertz CT molecular complexity index is 1640. The molecule has 0 spiro atoms. The molecule has 0 fully saturated rings. The van der Waals surface area contributed by atoms with Crippen molar-refractivity contribution < 1.29 is 9.53 Å². The summed E-state index contributed by atoms with van der Waals surface area (Å²) in [5.41, 5.74) is 5.78. The standard InChI is InChI=1S/C34H33N3O2/c1-3-37-32(34(38)35-30-16-10-8-12-23-11-7-9-15-29(23)30)31(36-33(37)24-13-5-4-6-14-24)27-18-17-26-22-28(39-2)20-19-25(26)21-27/h4-7,9,11,13-15,17-22,30H,3,8,10,12,16H2,1-2H3,(H,35,38). The van der Waals surface area contributed by atoms with Crippen molar-refractivity contribution in [2.45, 2.75) is 45.2 Å². The highest BCUT2D eigenvalue weighted by Crippen LogP contribution is 2.34. The number of imidazole rings is 1. The Labute approximate surface area is 229 Å². The van der Waals surface area contributed by atoms with Gasteiger partial charge in [0.1, 0.15) is 23.0 Å². The predicted molar refractivity (Wildman–Crippen MR) is 157 cm³/mol. The van der Waals surface area contributed by atoms with E-state index in [1.807, 2.05) is 42.5 Å². The van der Waals surface area contributed by atoms with Gasteiger partial charge in [-0.05, 0) is 66.3 Å². The van der Waals surface area contributed by atoms with E-state index in [1.165, 1.54) is 11.1 Å². The molecule has 1 N–H and O–H groups in total. The number of nitrogens with one attached hydrogen (secondary N) is 1. The molecule has 0 aliphatic heterocycles. The molecule has 5 aromatic rings. The number of aromatic nitrogens is 2. The lowest BCUT2D eigenvalue weighted by Crippen LogP contribution is -2.31. The van der Waals surface area contributed by atoms with Gasteiger partial charge in [-0.1, -0.05) is 79.2 Å². The van der Waals surface area contributed by atoms with Crippen molar-refractivity contribution in [1.82, 2.24) is 14.9 Å². The zero-order chi connectivity index (χ0) is 26.8. The van der Waals surface area contributed by atoms with Crippen molar-refractivity contribution in [3.63, 3.8) is 0 Å². The Balaban J connectivity index is 1.47. The SMILES string of the molecule is CCn1c(-c2ccccc2)nc(-c2ccc3cc(OC)ccc3c2)c1C(=O)NC1CCCCc2ccccc21. The number of benzene rings is 4. The second kappa shape index (κ2) is 10.8. The second-order valence-electron chi connectivity index (χ2n) is 10.1. The first-order chi connectivity index (χ1) is 19.2. The monoisotopic (exact) mass is 515 g/mol. The number of carbonyl (C=O) groups excluding carboxylic acids is 1. The minimum Gasteiger partial charge on any atom is -0.497 e. The van der Waals surface area contributed by atoms with Crippen LogP contribution in [0.4, 0.5) is 0 Å². The van der Waals surface area contributed by atoms with Gasteiger partial charge in [-0.15, -0.1) is 0 Å². The van der Waals surface area contributed by atoms with Crippen LogP contribution < -0.4 is 10.1 Å². The van der Waals surface area contributed by atoms with Crippen LogP contribution in [0, 0.1) is 0 Å². The molecule has 1 aromatic heterocycles. The molecule has 0 saturated carbocycles. The number of hydrogen-bond donors (Lipinski definition) is 1. The van der Waals surface area contributed by atoms with Gasteiger partial charge in [-0.3, -0.25) is 4.79 Å². The Kier molecular flexibility index (Phi) is 6.89. The molecule has 0 radical (unpaired) electrons. The van der Waals surface area contributed by atoms with Crippen LogP contribution in [0.5, 0.6) is 5.75 Å². The summed E-state index contributed by atoms with van der Waals surface area (Å²) in [5.74, 6) is 1.54. The number of rotatable bonds is 6. The Morgan fingerprint density at radius 2 is 1.69 bits per heavy atom. The largest absolute Gasteiger partial charge is 0.497 e. The number of hydrogen-bond acceptors (Lipinski definition) is 3. The minimum absolute atomic E-state index is 0.0199. The molecule has 0 bridgehead atoms. The molecular weight excluding hydrogens is 482 g/mol. The van der Waals surface area contributed by atoms with Crippen LogP contribution in [0.2, 0.25) is 0 Å². The molecule has 0 saturated heterocycles. The van der Waals surface area contributed by atoms with E-state index in [4.69, 9.17) is 9.72 Å². The van der Waals surface area contributed by atoms with E-state index >= 15 is 0 Å². The normalized spacial score (nSPS) is 15.0. The third-order valence-corrected chi connectivity index (χ3v) is 7.78. The van der Waals surface area contributed by atoms with E-state index in [2.05, 4.69) is 65.3 Å². The molecule has 1 aliphatic rings. The Morgan fingerprint density at radius 3 is 2.51 bits per heavy atom. The second-order valence-corrected chi connectivity index (χ2v) is 10.1. The van der Waals surface area contributed by atoms with Crippen molar-refractivity contribution in [3.8, 4) is 28.4 Å². The first-order valence-electron chi connectivity index (χ1n) is 13.8. The minimum atomic E-state index is -0.0851. The van der Waals surface area contributed by atoms with E-state index < -0.39 is 0 Å². The van der Waals surface area contributed by atoms with E-state index in [0.29, 0.717) is 17.9 Å². The number of aryl methyl sites for hydroxylation is 1. The van der Waals surface area contributed by atoms with Gasteiger partial charge in [0.25, 0.3) is 5.91 Å². The molecule has 1 unspecified atom stereocenters. The number of fused-ring (bicyclic) bond motifs is 2. The molecule has 1 aliphatic carbocycles. The molecule has 5 nitrogen and oxygen atoms in total. The fourth-order valence-electron chi connectivity index (χ4n) is 5.80. The van der Waals surface area contributed by atoms with Gasteiger partial charge in [0, 0.05) is 17.7 Å². The highest BCUT2D eigenvalue weighted by molar-refractivity contribution is 6.01. The lowest BCUT2D eigenvalue weighted by atomic mass is 9.98. The lowest BCUT2D eigenvalue weighted by molar-refractivity contribution is 0.0926. The maximum absolute atomic E-state index is 14.2. The van der Waals surface area contributed by atoms with Gasteiger partial charge in [0.15, 0.2) is 0 Å². The zero-order valence-corrected chi connectivity index (χ0v) is 22.5. The average Bonchev–Trinajstić information content (AvgIpc) is 3.27. The van der Waals surface area contributed by atoms with Gasteiger partial charge in [0.2, 0.25) is 0 Å². The number of ether oxygens (including phenoxy) is 1. The van der Waals surface area contributed by atoms with Crippen molar-refractivity contribution in [2.24, 2.45) is 0 Å². The third-order valence-electron chi connectivity index (χ3n) is 7.78.